The molecule has 12 heteroatoms. The molecule has 0 saturated heterocycles. The van der Waals surface area contributed by atoms with Gasteiger partial charge < -0.3 is 10.4 Å². The predicted molar refractivity (Wildman–Crippen MR) is 329 cm³/mol. The molecule has 9 aromatic rings. The minimum absolute atomic E-state index is 0.0667. The summed E-state index contributed by atoms with van der Waals surface area (Å²) in [6.07, 6.45) is 8.95. The zero-order valence-electron chi connectivity index (χ0n) is 45.1. The highest BCUT2D eigenvalue weighted by atomic mass is 16.3. The number of nitrogens with zero attached hydrogens (tertiary/aromatic N) is 8. The zero-order valence-corrected chi connectivity index (χ0v) is 45.1. The third kappa shape index (κ3) is 21.3. The van der Waals surface area contributed by atoms with Gasteiger partial charge >= 0.3 is 0 Å². The Hall–Kier alpha value is -9.88. The van der Waals surface area contributed by atoms with E-state index in [9.17, 15) is 9.59 Å². The van der Waals surface area contributed by atoms with Crippen molar-refractivity contribution in [2.24, 2.45) is 20.4 Å². The van der Waals surface area contributed by atoms with Gasteiger partial charge in [0.05, 0.1) is 54.2 Å². The summed E-state index contributed by atoms with van der Waals surface area (Å²) in [5.74, 6) is 0. The van der Waals surface area contributed by atoms with Crippen LogP contribution in [-0.2, 0) is 19.7 Å². The second kappa shape index (κ2) is 33.2. The second-order valence-corrected chi connectivity index (χ2v) is 17.7. The quantitative estimate of drug-likeness (QED) is 0.0465. The van der Waals surface area contributed by atoms with E-state index in [1.165, 1.54) is 11.1 Å². The molecule has 0 aliphatic heterocycles. The van der Waals surface area contributed by atoms with E-state index in [1.807, 2.05) is 222 Å². The third-order valence-electron chi connectivity index (χ3n) is 11.8. The first-order chi connectivity index (χ1) is 38.7. The van der Waals surface area contributed by atoms with Gasteiger partial charge in [-0.2, -0.15) is 20.4 Å². The molecule has 0 heterocycles. The molecule has 398 valence electrons. The topological polar surface area (TPSA) is 129 Å². The number of carbonyl (C=O) groups excluding carboxylic acids is 2. The first-order valence-corrected chi connectivity index (χ1v) is 25.6. The molecule has 0 saturated carbocycles. The summed E-state index contributed by atoms with van der Waals surface area (Å²) in [5.41, 5.74) is 13.0. The molecule has 2 N–H and O–H groups in total. The molecule has 9 aromatic carbocycles. The molecule has 12 nitrogen and oxygen atoms in total. The molecule has 0 aromatic heterocycles. The number of aldehydes is 2. The van der Waals surface area contributed by atoms with Crippen molar-refractivity contribution in [3.8, 4) is 0 Å². The van der Waals surface area contributed by atoms with Crippen LogP contribution < -0.4 is 25.4 Å². The van der Waals surface area contributed by atoms with Gasteiger partial charge in [-0.15, -0.1) is 0 Å². The third-order valence-corrected chi connectivity index (χ3v) is 11.8. The minimum atomic E-state index is 0.0667. The molecule has 0 aliphatic carbocycles. The molecule has 0 amide bonds. The van der Waals surface area contributed by atoms with E-state index in [0.717, 1.165) is 76.2 Å². The lowest BCUT2D eigenvalue weighted by atomic mass is 10.2. The molecule has 9 rings (SSSR count). The highest BCUT2D eigenvalue weighted by Crippen LogP contribution is 2.17. The van der Waals surface area contributed by atoms with Crippen molar-refractivity contribution in [3.63, 3.8) is 0 Å². The summed E-state index contributed by atoms with van der Waals surface area (Å²) in [5, 5.41) is 37.2. The van der Waals surface area contributed by atoms with E-state index < -0.39 is 0 Å². The Morgan fingerprint density at radius 2 is 0.557 bits per heavy atom. The van der Waals surface area contributed by atoms with Crippen molar-refractivity contribution in [1.29, 1.82) is 0 Å². The van der Waals surface area contributed by atoms with Crippen LogP contribution in [0.1, 0.15) is 59.7 Å². The van der Waals surface area contributed by atoms with Crippen molar-refractivity contribution in [2.75, 3.05) is 48.2 Å². The smallest absolute Gasteiger partial charge is 0.150 e. The Labute approximate surface area is 465 Å². The van der Waals surface area contributed by atoms with Crippen LogP contribution in [0.25, 0.3) is 0 Å². The highest BCUT2D eigenvalue weighted by Gasteiger charge is 2.03. The van der Waals surface area contributed by atoms with Gasteiger partial charge in [-0.05, 0) is 112 Å². The molecule has 0 unspecified atom stereocenters. The summed E-state index contributed by atoms with van der Waals surface area (Å²) in [7, 11) is 7.60. The first kappa shape index (κ1) is 58.4. The number of hydrogen-bond acceptors (Lipinski definition) is 12. The van der Waals surface area contributed by atoms with Gasteiger partial charge in [0.15, 0.2) is 0 Å². The monoisotopic (exact) mass is 1050 g/mol. The predicted octanol–water partition coefficient (Wildman–Crippen LogP) is 13.0. The van der Waals surface area contributed by atoms with E-state index in [4.69, 9.17) is 5.11 Å². The number of hydrazone groups is 4. The number of aliphatic hydroxyl groups is 1. The normalized spacial score (nSPS) is 10.7. The number of aliphatic hydroxyl groups excluding tert-OH is 1. The van der Waals surface area contributed by atoms with Crippen LogP contribution in [0.2, 0.25) is 0 Å². The summed E-state index contributed by atoms with van der Waals surface area (Å²) in [6.45, 7) is 1.80. The van der Waals surface area contributed by atoms with Crippen molar-refractivity contribution in [2.45, 2.75) is 19.7 Å². The fourth-order valence-electron chi connectivity index (χ4n) is 7.17. The average Bonchev–Trinajstić information content (AvgIpc) is 3.53. The molecule has 0 bridgehead atoms. The maximum absolute atomic E-state index is 10.6. The maximum atomic E-state index is 10.6. The lowest BCUT2D eigenvalue weighted by Gasteiger charge is -2.13. The SMILES string of the molecule is CN(/N=C/c1ccccc1)c1ccc(C=O)cc1.CN(/N=C/c1ccccc1)c1ccc(C=O)cc1.CN(/N=C/c1ccccc1)c1ccc(CNCc2ccccc2)cc1.CN(/N=C/c1ccccc1)c1ccc(CO)cc1. The summed E-state index contributed by atoms with van der Waals surface area (Å²) in [6, 6.07) is 81.0. The maximum Gasteiger partial charge on any atom is 0.150 e. The molecule has 0 fully saturated rings. The highest BCUT2D eigenvalue weighted by molar-refractivity contribution is 5.82. The van der Waals surface area contributed by atoms with Crippen LogP contribution in [0.15, 0.2) is 269 Å². The molecule has 79 heavy (non-hydrogen) atoms. The average molecular weight is 1050 g/mol. The van der Waals surface area contributed by atoms with E-state index in [2.05, 4.69) is 74.3 Å². The zero-order chi connectivity index (χ0) is 55.7. The van der Waals surface area contributed by atoms with Crippen molar-refractivity contribution < 1.29 is 14.7 Å². The van der Waals surface area contributed by atoms with E-state index in [0.29, 0.717) is 11.1 Å². The first-order valence-electron chi connectivity index (χ1n) is 25.6. The number of carbonyl (C=O) groups is 2. The number of hydrogen-bond donors (Lipinski definition) is 2. The van der Waals surface area contributed by atoms with Crippen molar-refractivity contribution >= 4 is 60.2 Å². The van der Waals surface area contributed by atoms with Crippen LogP contribution in [0.5, 0.6) is 0 Å². The van der Waals surface area contributed by atoms with E-state index >= 15 is 0 Å². The number of benzene rings is 9. The van der Waals surface area contributed by atoms with Crippen LogP contribution >= 0.6 is 0 Å². The van der Waals surface area contributed by atoms with Crippen LogP contribution in [0, 0.1) is 0 Å². The molecule has 0 atom stereocenters. The fraction of sp³-hybridized carbons (Fsp3) is 0.104. The van der Waals surface area contributed by atoms with Crippen LogP contribution in [-0.4, -0.2) is 70.7 Å². The van der Waals surface area contributed by atoms with Crippen molar-refractivity contribution in [3.05, 3.63) is 299 Å². The lowest BCUT2D eigenvalue weighted by molar-refractivity contribution is 0.111. The van der Waals surface area contributed by atoms with E-state index in [1.54, 1.807) is 51.7 Å². The van der Waals surface area contributed by atoms with Gasteiger partial charge in [-0.1, -0.05) is 176 Å². The Kier molecular flexibility index (Phi) is 24.5. The Balaban J connectivity index is 0.000000172. The van der Waals surface area contributed by atoms with Crippen LogP contribution in [0.4, 0.5) is 22.7 Å². The van der Waals surface area contributed by atoms with Gasteiger partial charge in [0.2, 0.25) is 0 Å². The van der Waals surface area contributed by atoms with Crippen molar-refractivity contribution in [1.82, 2.24) is 5.32 Å². The Morgan fingerprint density at radius 1 is 0.316 bits per heavy atom. The number of nitrogens with one attached hydrogen (secondary N) is 1. The van der Waals surface area contributed by atoms with Gasteiger partial charge in [-0.3, -0.25) is 29.6 Å². The van der Waals surface area contributed by atoms with Gasteiger partial charge in [0, 0.05) is 52.4 Å². The molecular formula is C67H67N9O3. The number of anilines is 4. The largest absolute Gasteiger partial charge is 0.392 e. The molecule has 0 radical (unpaired) electrons. The summed E-state index contributed by atoms with van der Waals surface area (Å²) < 4.78 is 0. The van der Waals surface area contributed by atoms with Gasteiger partial charge in [-0.25, -0.2) is 0 Å². The summed E-state index contributed by atoms with van der Waals surface area (Å²) in [4.78, 5) is 21.1. The molecule has 0 aliphatic rings. The molecule has 0 spiro atoms. The summed E-state index contributed by atoms with van der Waals surface area (Å²) >= 11 is 0. The molecular weight excluding hydrogens is 979 g/mol. The van der Waals surface area contributed by atoms with Gasteiger partial charge in [0.25, 0.3) is 0 Å². The van der Waals surface area contributed by atoms with Crippen LogP contribution in [0.3, 0.4) is 0 Å². The Bertz CT molecular complexity index is 3130. The number of rotatable bonds is 19. The standard InChI is InChI=1S/C22H23N3.C15H16N2O.2C15H14N2O/c1-25(24-18-20-10-6-3-7-11-20)22-14-12-21(13-15-22)17-23-16-19-8-4-2-5-9-19;3*1-17(15-9-7-14(12-18)8-10-15)16-11-13-5-3-2-4-6-13/h2-15,18,23H,16-17H2,1H3;2-11,18H,12H2,1H3;2*2-12H,1H3/b24-18+;3*16-11+. The fourth-order valence-corrected chi connectivity index (χ4v) is 7.17. The minimum Gasteiger partial charge on any atom is -0.392 e. The van der Waals surface area contributed by atoms with Gasteiger partial charge in [0.1, 0.15) is 12.6 Å². The lowest BCUT2D eigenvalue weighted by Crippen LogP contribution is -2.13. The second-order valence-electron chi connectivity index (χ2n) is 17.7. The van der Waals surface area contributed by atoms with E-state index in [-0.39, 0.29) is 6.61 Å². The Morgan fingerprint density at radius 3 is 0.823 bits per heavy atom.